The second-order valence-electron chi connectivity index (χ2n) is 5.20. The highest BCUT2D eigenvalue weighted by molar-refractivity contribution is 6.38. The highest BCUT2D eigenvalue weighted by Crippen LogP contribution is 2.29. The van der Waals surface area contributed by atoms with Crippen LogP contribution in [0.15, 0.2) is 18.6 Å². The molecule has 0 aliphatic rings. The van der Waals surface area contributed by atoms with E-state index in [-0.39, 0.29) is 17.2 Å². The van der Waals surface area contributed by atoms with Crippen molar-refractivity contribution in [3.63, 3.8) is 0 Å². The summed E-state index contributed by atoms with van der Waals surface area (Å²) < 4.78 is 11.8. The number of methoxy groups -OCH3 is 1. The molecule has 0 spiro atoms. The van der Waals surface area contributed by atoms with Crippen LogP contribution in [-0.4, -0.2) is 44.4 Å². The predicted octanol–water partition coefficient (Wildman–Crippen LogP) is 2.42. The van der Waals surface area contributed by atoms with Crippen LogP contribution in [0.1, 0.15) is 28.7 Å². The van der Waals surface area contributed by atoms with E-state index in [0.29, 0.717) is 34.8 Å². The van der Waals surface area contributed by atoms with Gasteiger partial charge >= 0.3 is 5.97 Å². The zero-order valence-electron chi connectivity index (χ0n) is 14.0. The average molecular weight is 362 g/mol. The number of carbonyl (C=O) groups excluding carboxylic acids is 1. The van der Waals surface area contributed by atoms with Crippen molar-refractivity contribution in [1.29, 1.82) is 0 Å². The van der Waals surface area contributed by atoms with Gasteiger partial charge in [0.25, 0.3) is 0 Å². The second kappa shape index (κ2) is 7.02. The first-order valence-corrected chi connectivity index (χ1v) is 7.96. The summed E-state index contributed by atoms with van der Waals surface area (Å²) in [5.74, 6) is -0.0386. The number of aryl methyl sites for hydroxylation is 1. The molecule has 0 bridgehead atoms. The summed E-state index contributed by atoms with van der Waals surface area (Å²) in [5.41, 5.74) is 2.17. The Hall–Kier alpha value is -2.74. The maximum atomic E-state index is 12.0. The lowest BCUT2D eigenvalue weighted by molar-refractivity contribution is 0.0526. The number of aromatic nitrogens is 5. The molecule has 8 nitrogen and oxygen atoms in total. The molecule has 25 heavy (non-hydrogen) atoms. The molecule has 0 unspecified atom stereocenters. The molecule has 3 aromatic rings. The maximum Gasteiger partial charge on any atom is 0.341 e. The van der Waals surface area contributed by atoms with Gasteiger partial charge in [0.2, 0.25) is 5.88 Å². The summed E-state index contributed by atoms with van der Waals surface area (Å²) in [6.07, 6.45) is 2.83. The van der Waals surface area contributed by atoms with Gasteiger partial charge in [0.15, 0.2) is 5.65 Å². The number of fused-ring (bicyclic) bond motifs is 1. The fourth-order valence-electron chi connectivity index (χ4n) is 2.46. The van der Waals surface area contributed by atoms with E-state index in [2.05, 4.69) is 20.1 Å². The van der Waals surface area contributed by atoms with Gasteiger partial charge < -0.3 is 9.47 Å². The Morgan fingerprint density at radius 3 is 2.84 bits per heavy atom. The smallest absolute Gasteiger partial charge is 0.341 e. The van der Waals surface area contributed by atoms with Gasteiger partial charge in [0, 0.05) is 12.3 Å². The van der Waals surface area contributed by atoms with Crippen molar-refractivity contribution < 1.29 is 14.3 Å². The molecule has 9 heteroatoms. The van der Waals surface area contributed by atoms with Crippen molar-refractivity contribution in [2.75, 3.05) is 13.7 Å². The van der Waals surface area contributed by atoms with Gasteiger partial charge in [-0.2, -0.15) is 5.10 Å². The highest BCUT2D eigenvalue weighted by Gasteiger charge is 2.20. The van der Waals surface area contributed by atoms with Gasteiger partial charge in [-0.05, 0) is 13.8 Å². The van der Waals surface area contributed by atoms with E-state index < -0.39 is 5.97 Å². The number of rotatable bonds is 5. The summed E-state index contributed by atoms with van der Waals surface area (Å²) in [7, 11) is 1.54. The molecule has 0 aliphatic heterocycles. The Labute approximate surface area is 148 Å². The molecule has 0 aromatic carbocycles. The largest absolute Gasteiger partial charge is 0.481 e. The van der Waals surface area contributed by atoms with E-state index in [1.807, 2.05) is 6.92 Å². The van der Waals surface area contributed by atoms with Crippen molar-refractivity contribution in [2.45, 2.75) is 20.4 Å². The molecule has 0 saturated carbocycles. The van der Waals surface area contributed by atoms with Gasteiger partial charge in [-0.25, -0.2) is 24.4 Å². The zero-order valence-corrected chi connectivity index (χ0v) is 14.7. The Bertz CT molecular complexity index is 941. The van der Waals surface area contributed by atoms with Crippen LogP contribution in [0.2, 0.25) is 5.02 Å². The van der Waals surface area contributed by atoms with Crippen molar-refractivity contribution in [2.24, 2.45) is 0 Å². The topological polar surface area (TPSA) is 92.0 Å². The molecule has 0 saturated heterocycles. The van der Waals surface area contributed by atoms with Crippen LogP contribution < -0.4 is 4.74 Å². The third-order valence-electron chi connectivity index (χ3n) is 3.59. The monoisotopic (exact) mass is 361 g/mol. The quantitative estimate of drug-likeness (QED) is 0.644. The van der Waals surface area contributed by atoms with Crippen LogP contribution >= 0.6 is 11.6 Å². The van der Waals surface area contributed by atoms with Gasteiger partial charge in [0.05, 0.1) is 47.6 Å². The van der Waals surface area contributed by atoms with Gasteiger partial charge in [-0.3, -0.25) is 0 Å². The summed E-state index contributed by atoms with van der Waals surface area (Å²) >= 11 is 6.40. The van der Waals surface area contributed by atoms with Crippen LogP contribution in [0.3, 0.4) is 0 Å². The number of carbonyl (C=O) groups is 1. The van der Waals surface area contributed by atoms with E-state index in [4.69, 9.17) is 21.1 Å². The first kappa shape index (κ1) is 17.1. The fourth-order valence-corrected chi connectivity index (χ4v) is 2.81. The second-order valence-corrected chi connectivity index (χ2v) is 5.58. The van der Waals surface area contributed by atoms with Crippen LogP contribution in [0.4, 0.5) is 0 Å². The zero-order chi connectivity index (χ0) is 18.0. The summed E-state index contributed by atoms with van der Waals surface area (Å²) in [6.45, 7) is 4.17. The molecule has 3 aromatic heterocycles. The number of pyridine rings is 1. The molecule has 3 heterocycles. The molecule has 0 aliphatic carbocycles. The summed E-state index contributed by atoms with van der Waals surface area (Å²) in [5, 5.41) is 5.37. The van der Waals surface area contributed by atoms with Gasteiger partial charge in [0.1, 0.15) is 6.33 Å². The van der Waals surface area contributed by atoms with Crippen LogP contribution in [0.5, 0.6) is 5.88 Å². The number of esters is 1. The lowest BCUT2D eigenvalue weighted by Crippen LogP contribution is -2.08. The molecule has 0 atom stereocenters. The third-order valence-corrected chi connectivity index (χ3v) is 3.98. The Morgan fingerprint density at radius 2 is 2.12 bits per heavy atom. The molecule has 0 amide bonds. The minimum Gasteiger partial charge on any atom is -0.481 e. The predicted molar refractivity (Wildman–Crippen MR) is 90.9 cm³/mol. The first-order chi connectivity index (χ1) is 12.0. The number of halogens is 1. The first-order valence-electron chi connectivity index (χ1n) is 7.58. The Balaban J connectivity index is 2.03. The molecular formula is C16H16ClN5O3. The van der Waals surface area contributed by atoms with Gasteiger partial charge in [-0.1, -0.05) is 11.6 Å². The molecule has 0 N–H and O–H groups in total. The lowest BCUT2D eigenvalue weighted by Gasteiger charge is -2.06. The SMILES string of the molecule is CCOC(=O)c1cnc2c(c(C)nn2Cc2cc(OC)ncn2)c1Cl. The minimum absolute atomic E-state index is 0.224. The van der Waals surface area contributed by atoms with E-state index in [1.165, 1.54) is 19.6 Å². The van der Waals surface area contributed by atoms with Crippen molar-refractivity contribution in [3.8, 4) is 5.88 Å². The number of hydrogen-bond acceptors (Lipinski definition) is 7. The molecule has 130 valence electrons. The van der Waals surface area contributed by atoms with Crippen molar-refractivity contribution in [1.82, 2.24) is 24.7 Å². The van der Waals surface area contributed by atoms with Crippen LogP contribution in [0.25, 0.3) is 11.0 Å². The van der Waals surface area contributed by atoms with Crippen LogP contribution in [-0.2, 0) is 11.3 Å². The van der Waals surface area contributed by atoms with Crippen molar-refractivity contribution in [3.05, 3.63) is 40.6 Å². The Kier molecular flexibility index (Phi) is 4.80. The minimum atomic E-state index is -0.505. The molecule has 0 radical (unpaired) electrons. The summed E-state index contributed by atoms with van der Waals surface area (Å²) in [6, 6.07) is 1.72. The van der Waals surface area contributed by atoms with E-state index >= 15 is 0 Å². The van der Waals surface area contributed by atoms with E-state index in [1.54, 1.807) is 17.7 Å². The van der Waals surface area contributed by atoms with E-state index in [0.717, 1.165) is 0 Å². The molecular weight excluding hydrogens is 346 g/mol. The Morgan fingerprint density at radius 1 is 1.32 bits per heavy atom. The number of hydrogen-bond donors (Lipinski definition) is 0. The van der Waals surface area contributed by atoms with Gasteiger partial charge in [-0.15, -0.1) is 0 Å². The fraction of sp³-hybridized carbons (Fsp3) is 0.312. The third kappa shape index (κ3) is 3.25. The molecule has 3 rings (SSSR count). The highest BCUT2D eigenvalue weighted by atomic mass is 35.5. The normalized spacial score (nSPS) is 10.9. The average Bonchev–Trinajstić information content (AvgIpc) is 2.92. The van der Waals surface area contributed by atoms with Crippen molar-refractivity contribution >= 4 is 28.6 Å². The number of ether oxygens (including phenoxy) is 2. The standard InChI is InChI=1S/C16H16ClN5O3/c1-4-25-16(23)11-6-18-15-13(14(11)17)9(2)21-22(15)7-10-5-12(24-3)20-8-19-10/h5-6,8H,4,7H2,1-3H3. The summed E-state index contributed by atoms with van der Waals surface area (Å²) in [4.78, 5) is 24.5. The lowest BCUT2D eigenvalue weighted by atomic mass is 10.2. The van der Waals surface area contributed by atoms with E-state index in [9.17, 15) is 4.79 Å². The van der Waals surface area contributed by atoms with Crippen LogP contribution in [0, 0.1) is 6.92 Å². The number of nitrogens with zero attached hydrogens (tertiary/aromatic N) is 5. The maximum absolute atomic E-state index is 12.0. The molecule has 0 fully saturated rings.